The van der Waals surface area contributed by atoms with Gasteiger partial charge in [-0.2, -0.15) is 0 Å². The summed E-state index contributed by atoms with van der Waals surface area (Å²) in [6.45, 7) is 7.56. The molecule has 1 fully saturated rings. The number of esters is 2. The topological polar surface area (TPSA) is 52.6 Å². The Morgan fingerprint density at radius 1 is 1.35 bits per heavy atom. The van der Waals surface area contributed by atoms with E-state index in [1.807, 2.05) is 30.3 Å². The van der Waals surface area contributed by atoms with E-state index in [1.165, 1.54) is 0 Å². The van der Waals surface area contributed by atoms with Crippen molar-refractivity contribution in [1.82, 2.24) is 0 Å². The van der Waals surface area contributed by atoms with Crippen LogP contribution in [-0.4, -0.2) is 18.0 Å². The van der Waals surface area contributed by atoms with Crippen molar-refractivity contribution >= 4 is 11.9 Å². The third-order valence-electron chi connectivity index (χ3n) is 3.55. The minimum Gasteiger partial charge on any atom is -0.461 e. The molecule has 0 bridgehead atoms. The van der Waals surface area contributed by atoms with E-state index in [4.69, 9.17) is 9.47 Å². The minimum atomic E-state index is -0.732. The van der Waals surface area contributed by atoms with Crippen molar-refractivity contribution in [3.63, 3.8) is 0 Å². The Balaban J connectivity index is 1.87. The molecule has 2 rings (SSSR count). The number of carbonyl (C=O) groups is 2. The molecule has 4 heteroatoms. The third-order valence-corrected chi connectivity index (χ3v) is 3.55. The summed E-state index contributed by atoms with van der Waals surface area (Å²) in [6, 6.07) is 9.42. The summed E-state index contributed by atoms with van der Waals surface area (Å²) >= 11 is 0. The SMILES string of the molecule is C=C1[C@H](CC(=O)OCc2ccccc2)OC(=O)C1(C)C. The van der Waals surface area contributed by atoms with E-state index in [0.717, 1.165) is 5.56 Å². The summed E-state index contributed by atoms with van der Waals surface area (Å²) in [5.74, 6) is -0.742. The molecule has 1 atom stereocenters. The van der Waals surface area contributed by atoms with Gasteiger partial charge in [0.1, 0.15) is 12.7 Å². The summed E-state index contributed by atoms with van der Waals surface area (Å²) in [5.41, 5.74) is 0.812. The fourth-order valence-electron chi connectivity index (χ4n) is 1.99. The Bertz CT molecular complexity index is 531. The van der Waals surface area contributed by atoms with Gasteiger partial charge in [0.05, 0.1) is 11.8 Å². The fraction of sp³-hybridized carbons (Fsp3) is 0.375. The van der Waals surface area contributed by atoms with Crippen LogP contribution in [0.3, 0.4) is 0 Å². The van der Waals surface area contributed by atoms with Crippen LogP contribution in [0.5, 0.6) is 0 Å². The molecule has 106 valence electrons. The average Bonchev–Trinajstić information content (AvgIpc) is 2.61. The zero-order chi connectivity index (χ0) is 14.8. The number of hydrogen-bond acceptors (Lipinski definition) is 4. The lowest BCUT2D eigenvalue weighted by Crippen LogP contribution is -2.20. The van der Waals surface area contributed by atoms with Crippen molar-refractivity contribution in [3.05, 3.63) is 48.0 Å². The molecule has 1 saturated heterocycles. The highest BCUT2D eigenvalue weighted by atomic mass is 16.6. The van der Waals surface area contributed by atoms with Gasteiger partial charge in [-0.15, -0.1) is 0 Å². The number of ether oxygens (including phenoxy) is 2. The molecule has 0 saturated carbocycles. The molecule has 4 nitrogen and oxygen atoms in total. The fourth-order valence-corrected chi connectivity index (χ4v) is 1.99. The zero-order valence-electron chi connectivity index (χ0n) is 11.7. The first-order chi connectivity index (χ1) is 9.41. The molecule has 0 N–H and O–H groups in total. The highest BCUT2D eigenvalue weighted by Crippen LogP contribution is 2.38. The van der Waals surface area contributed by atoms with Gasteiger partial charge in [-0.3, -0.25) is 9.59 Å². The Kier molecular flexibility index (Phi) is 3.93. The lowest BCUT2D eigenvalue weighted by Gasteiger charge is -2.14. The Morgan fingerprint density at radius 2 is 2.00 bits per heavy atom. The van der Waals surface area contributed by atoms with E-state index in [2.05, 4.69) is 6.58 Å². The molecule has 0 unspecified atom stereocenters. The van der Waals surface area contributed by atoms with Crippen LogP contribution in [0.4, 0.5) is 0 Å². The van der Waals surface area contributed by atoms with Gasteiger partial charge in [-0.05, 0) is 25.0 Å². The van der Waals surface area contributed by atoms with Crippen molar-refractivity contribution in [3.8, 4) is 0 Å². The van der Waals surface area contributed by atoms with Gasteiger partial charge in [-0.1, -0.05) is 36.9 Å². The summed E-state index contributed by atoms with van der Waals surface area (Å²) in [7, 11) is 0. The lowest BCUT2D eigenvalue weighted by molar-refractivity contribution is -0.152. The molecule has 0 aromatic heterocycles. The van der Waals surface area contributed by atoms with Crippen LogP contribution in [0.1, 0.15) is 25.8 Å². The Labute approximate surface area is 118 Å². The smallest absolute Gasteiger partial charge is 0.316 e. The number of hydrogen-bond donors (Lipinski definition) is 0. The molecule has 1 aromatic rings. The Morgan fingerprint density at radius 3 is 2.55 bits per heavy atom. The summed E-state index contributed by atoms with van der Waals surface area (Å²) in [5, 5.41) is 0. The van der Waals surface area contributed by atoms with Crippen molar-refractivity contribution in [1.29, 1.82) is 0 Å². The molecular formula is C16H18O4. The van der Waals surface area contributed by atoms with E-state index in [9.17, 15) is 9.59 Å². The van der Waals surface area contributed by atoms with Crippen molar-refractivity contribution in [2.75, 3.05) is 0 Å². The third kappa shape index (κ3) is 2.90. The maximum atomic E-state index is 11.8. The monoisotopic (exact) mass is 274 g/mol. The first-order valence-electron chi connectivity index (χ1n) is 6.51. The first-order valence-corrected chi connectivity index (χ1v) is 6.51. The Hall–Kier alpha value is -2.10. The maximum absolute atomic E-state index is 11.8. The zero-order valence-corrected chi connectivity index (χ0v) is 11.7. The van der Waals surface area contributed by atoms with Gasteiger partial charge in [-0.25, -0.2) is 0 Å². The lowest BCUT2D eigenvalue weighted by atomic mass is 9.84. The van der Waals surface area contributed by atoms with Gasteiger partial charge in [0, 0.05) is 0 Å². The standard InChI is InChI=1S/C16H18O4/c1-11-13(20-15(18)16(11,2)3)9-14(17)19-10-12-7-5-4-6-8-12/h4-8,13H,1,9-10H2,2-3H3/t13-/m0/s1. The van der Waals surface area contributed by atoms with Crippen LogP contribution < -0.4 is 0 Å². The molecule has 1 aliphatic heterocycles. The normalized spacial score (nSPS) is 20.6. The number of benzene rings is 1. The van der Waals surface area contributed by atoms with Gasteiger partial charge in [0.15, 0.2) is 0 Å². The van der Waals surface area contributed by atoms with Crippen LogP contribution in [0.2, 0.25) is 0 Å². The van der Waals surface area contributed by atoms with E-state index in [-0.39, 0.29) is 19.0 Å². The van der Waals surface area contributed by atoms with Crippen LogP contribution in [0.25, 0.3) is 0 Å². The van der Waals surface area contributed by atoms with Gasteiger partial charge < -0.3 is 9.47 Å². The molecule has 0 spiro atoms. The second-order valence-electron chi connectivity index (χ2n) is 5.39. The van der Waals surface area contributed by atoms with Crippen molar-refractivity contribution in [2.24, 2.45) is 5.41 Å². The molecule has 1 aliphatic rings. The van der Waals surface area contributed by atoms with Crippen LogP contribution in [-0.2, 0) is 25.7 Å². The van der Waals surface area contributed by atoms with Crippen molar-refractivity contribution in [2.45, 2.75) is 33.0 Å². The molecule has 1 aromatic carbocycles. The van der Waals surface area contributed by atoms with Crippen LogP contribution >= 0.6 is 0 Å². The predicted octanol–water partition coefficient (Wildman–Crippen LogP) is 2.63. The van der Waals surface area contributed by atoms with E-state index >= 15 is 0 Å². The highest BCUT2D eigenvalue weighted by molar-refractivity contribution is 5.84. The number of rotatable bonds is 4. The maximum Gasteiger partial charge on any atom is 0.316 e. The van der Waals surface area contributed by atoms with E-state index in [1.54, 1.807) is 13.8 Å². The van der Waals surface area contributed by atoms with Gasteiger partial charge >= 0.3 is 11.9 Å². The molecular weight excluding hydrogens is 256 g/mol. The number of cyclic esters (lactones) is 1. The number of carbonyl (C=O) groups excluding carboxylic acids is 2. The highest BCUT2D eigenvalue weighted by Gasteiger charge is 2.45. The predicted molar refractivity (Wildman–Crippen MR) is 73.7 cm³/mol. The molecule has 1 heterocycles. The van der Waals surface area contributed by atoms with Gasteiger partial charge in [0.25, 0.3) is 0 Å². The van der Waals surface area contributed by atoms with Crippen LogP contribution in [0, 0.1) is 5.41 Å². The summed E-state index contributed by atoms with van der Waals surface area (Å²) < 4.78 is 10.3. The molecule has 0 radical (unpaired) electrons. The summed E-state index contributed by atoms with van der Waals surface area (Å²) in [4.78, 5) is 23.4. The second-order valence-corrected chi connectivity index (χ2v) is 5.39. The minimum absolute atomic E-state index is 0.0147. The van der Waals surface area contributed by atoms with Crippen molar-refractivity contribution < 1.29 is 19.1 Å². The quantitative estimate of drug-likeness (QED) is 0.625. The largest absolute Gasteiger partial charge is 0.461 e. The summed E-state index contributed by atoms with van der Waals surface area (Å²) in [6.07, 6.45) is -0.568. The molecule has 0 amide bonds. The second kappa shape index (κ2) is 5.49. The molecule has 20 heavy (non-hydrogen) atoms. The molecule has 0 aliphatic carbocycles. The van der Waals surface area contributed by atoms with E-state index in [0.29, 0.717) is 5.57 Å². The van der Waals surface area contributed by atoms with Gasteiger partial charge in [0.2, 0.25) is 0 Å². The first kappa shape index (κ1) is 14.3. The van der Waals surface area contributed by atoms with E-state index < -0.39 is 17.5 Å². The average molecular weight is 274 g/mol. The van der Waals surface area contributed by atoms with Crippen LogP contribution in [0.15, 0.2) is 42.5 Å².